The lowest BCUT2D eigenvalue weighted by Gasteiger charge is -2.19. The summed E-state index contributed by atoms with van der Waals surface area (Å²) >= 11 is 1.41. The van der Waals surface area contributed by atoms with Crippen LogP contribution in [0.25, 0.3) is 0 Å². The first kappa shape index (κ1) is 24.4. The van der Waals surface area contributed by atoms with Crippen molar-refractivity contribution < 1.29 is 9.53 Å². The third-order valence-corrected chi connectivity index (χ3v) is 6.71. The van der Waals surface area contributed by atoms with E-state index in [0.717, 1.165) is 24.4 Å². The van der Waals surface area contributed by atoms with Crippen LogP contribution in [0.4, 0.5) is 0 Å². The van der Waals surface area contributed by atoms with Crippen LogP contribution < -0.4 is 10.1 Å². The van der Waals surface area contributed by atoms with Gasteiger partial charge in [-0.2, -0.15) is 0 Å². The summed E-state index contributed by atoms with van der Waals surface area (Å²) in [6, 6.07) is 8.48. The summed E-state index contributed by atoms with van der Waals surface area (Å²) in [6.07, 6.45) is 8.93. The summed E-state index contributed by atoms with van der Waals surface area (Å²) in [5.74, 6) is 1.91. The molecule has 0 atom stereocenters. The zero-order chi connectivity index (χ0) is 23.0. The molecule has 1 fully saturated rings. The number of nitrogens with zero attached hydrogens (tertiary/aromatic N) is 3. The lowest BCUT2D eigenvalue weighted by atomic mass is 9.87. The highest BCUT2D eigenvalue weighted by Crippen LogP contribution is 2.25. The van der Waals surface area contributed by atoms with E-state index in [-0.39, 0.29) is 11.3 Å². The van der Waals surface area contributed by atoms with Gasteiger partial charge in [-0.25, -0.2) is 0 Å². The van der Waals surface area contributed by atoms with Gasteiger partial charge in [-0.3, -0.25) is 9.36 Å². The first-order chi connectivity index (χ1) is 15.4. The summed E-state index contributed by atoms with van der Waals surface area (Å²) in [7, 11) is 0. The first-order valence-corrected chi connectivity index (χ1v) is 12.5. The van der Waals surface area contributed by atoms with Crippen LogP contribution in [-0.2, 0) is 23.4 Å². The van der Waals surface area contributed by atoms with Crippen molar-refractivity contribution >= 4 is 17.7 Å². The number of thioether (sulfide) groups is 1. The van der Waals surface area contributed by atoms with Crippen LogP contribution >= 0.6 is 11.8 Å². The first-order valence-electron chi connectivity index (χ1n) is 11.6. The highest BCUT2D eigenvalue weighted by atomic mass is 32.2. The molecule has 1 saturated carbocycles. The number of hydrogen-bond acceptors (Lipinski definition) is 5. The molecule has 1 aliphatic rings. The second-order valence-electron chi connectivity index (χ2n) is 9.41. The standard InChI is InChI=1S/C25H36N4O2S/c1-5-16-29-22(17-31-21-14-12-19(13-15-21)25(2,3)4)27-28-24(29)32-18-23(30)26-20-10-8-6-7-9-11-20/h5,12-15,20H,1,6-11,16-18H2,2-4H3,(H,26,30). The Morgan fingerprint density at radius 2 is 1.88 bits per heavy atom. The van der Waals surface area contributed by atoms with Gasteiger partial charge >= 0.3 is 0 Å². The molecule has 6 nitrogen and oxygen atoms in total. The third kappa shape index (κ3) is 7.12. The fourth-order valence-electron chi connectivity index (χ4n) is 3.87. The molecule has 0 saturated heterocycles. The molecular formula is C25H36N4O2S. The lowest BCUT2D eigenvalue weighted by Crippen LogP contribution is -2.35. The molecule has 0 unspecified atom stereocenters. The maximum atomic E-state index is 12.4. The number of aromatic nitrogens is 3. The second kappa shape index (κ2) is 11.5. The molecule has 0 aliphatic heterocycles. The average Bonchev–Trinajstić information content (AvgIpc) is 2.95. The number of ether oxygens (including phenoxy) is 1. The lowest BCUT2D eigenvalue weighted by molar-refractivity contribution is -0.119. The largest absolute Gasteiger partial charge is 0.486 e. The monoisotopic (exact) mass is 456 g/mol. The van der Waals surface area contributed by atoms with Crippen LogP contribution in [0.3, 0.4) is 0 Å². The summed E-state index contributed by atoms with van der Waals surface area (Å²) in [5, 5.41) is 12.5. The zero-order valence-electron chi connectivity index (χ0n) is 19.6. The van der Waals surface area contributed by atoms with Crippen LogP contribution in [0.15, 0.2) is 42.1 Å². The van der Waals surface area contributed by atoms with Crippen molar-refractivity contribution in [1.82, 2.24) is 20.1 Å². The third-order valence-electron chi connectivity index (χ3n) is 5.75. The van der Waals surface area contributed by atoms with Crippen LogP contribution in [-0.4, -0.2) is 32.5 Å². The number of hydrogen-bond donors (Lipinski definition) is 1. The van der Waals surface area contributed by atoms with E-state index in [2.05, 4.69) is 55.0 Å². The molecule has 1 aromatic heterocycles. The Morgan fingerprint density at radius 3 is 2.50 bits per heavy atom. The smallest absolute Gasteiger partial charge is 0.230 e. The molecule has 0 spiro atoms. The summed E-state index contributed by atoms with van der Waals surface area (Å²) in [5.41, 5.74) is 1.37. The van der Waals surface area contributed by atoms with E-state index in [1.807, 2.05) is 16.7 Å². The van der Waals surface area contributed by atoms with Crippen molar-refractivity contribution in [1.29, 1.82) is 0 Å². The molecular weight excluding hydrogens is 420 g/mol. The minimum absolute atomic E-state index is 0.0618. The fraction of sp³-hybridized carbons (Fsp3) is 0.560. The summed E-state index contributed by atoms with van der Waals surface area (Å²) in [6.45, 7) is 11.3. The summed E-state index contributed by atoms with van der Waals surface area (Å²) in [4.78, 5) is 12.4. The van der Waals surface area contributed by atoms with Gasteiger partial charge in [0.1, 0.15) is 12.4 Å². The van der Waals surface area contributed by atoms with Gasteiger partial charge in [0.05, 0.1) is 5.75 Å². The molecule has 174 valence electrons. The Bertz CT molecular complexity index is 878. The molecule has 1 N–H and O–H groups in total. The van der Waals surface area contributed by atoms with Crippen LogP contribution in [0.2, 0.25) is 0 Å². The van der Waals surface area contributed by atoms with Crippen molar-refractivity contribution in [2.24, 2.45) is 0 Å². The molecule has 0 bridgehead atoms. The number of allylic oxidation sites excluding steroid dienone is 1. The van der Waals surface area contributed by atoms with E-state index < -0.39 is 0 Å². The maximum absolute atomic E-state index is 12.4. The predicted molar refractivity (Wildman–Crippen MR) is 130 cm³/mol. The van der Waals surface area contributed by atoms with E-state index in [1.54, 1.807) is 6.08 Å². The Morgan fingerprint density at radius 1 is 1.19 bits per heavy atom. The van der Waals surface area contributed by atoms with Crippen molar-refractivity contribution in [3.8, 4) is 5.75 Å². The van der Waals surface area contributed by atoms with E-state index in [9.17, 15) is 4.79 Å². The van der Waals surface area contributed by atoms with E-state index in [1.165, 1.54) is 43.0 Å². The zero-order valence-corrected chi connectivity index (χ0v) is 20.4. The number of amides is 1. The second-order valence-corrected chi connectivity index (χ2v) is 10.3. The van der Waals surface area contributed by atoms with E-state index in [0.29, 0.717) is 30.1 Å². The molecule has 7 heteroatoms. The Balaban J connectivity index is 1.56. The average molecular weight is 457 g/mol. The van der Waals surface area contributed by atoms with Gasteiger partial charge < -0.3 is 10.1 Å². The van der Waals surface area contributed by atoms with Crippen molar-refractivity contribution in [2.75, 3.05) is 5.75 Å². The van der Waals surface area contributed by atoms with Gasteiger partial charge in [-0.05, 0) is 36.0 Å². The maximum Gasteiger partial charge on any atom is 0.230 e. The molecule has 1 amide bonds. The highest BCUT2D eigenvalue weighted by molar-refractivity contribution is 7.99. The summed E-state index contributed by atoms with van der Waals surface area (Å²) < 4.78 is 7.91. The van der Waals surface area contributed by atoms with E-state index >= 15 is 0 Å². The highest BCUT2D eigenvalue weighted by Gasteiger charge is 2.18. The van der Waals surface area contributed by atoms with Crippen LogP contribution in [0, 0.1) is 0 Å². The molecule has 1 aliphatic carbocycles. The number of benzene rings is 1. The number of carbonyl (C=O) groups excluding carboxylic acids is 1. The van der Waals surface area contributed by atoms with E-state index in [4.69, 9.17) is 4.74 Å². The van der Waals surface area contributed by atoms with Gasteiger partial charge in [0.25, 0.3) is 0 Å². The molecule has 32 heavy (non-hydrogen) atoms. The molecule has 1 heterocycles. The minimum atomic E-state index is 0.0618. The molecule has 0 radical (unpaired) electrons. The van der Waals surface area contributed by atoms with Crippen molar-refractivity contribution in [3.05, 3.63) is 48.3 Å². The molecule has 1 aromatic carbocycles. The number of carbonyl (C=O) groups is 1. The number of nitrogens with one attached hydrogen (secondary N) is 1. The van der Waals surface area contributed by atoms with Gasteiger partial charge in [0.2, 0.25) is 5.91 Å². The van der Waals surface area contributed by atoms with Crippen LogP contribution in [0.1, 0.15) is 70.7 Å². The normalized spacial score (nSPS) is 15.2. The van der Waals surface area contributed by atoms with Crippen molar-refractivity contribution in [3.63, 3.8) is 0 Å². The number of rotatable bonds is 9. The van der Waals surface area contributed by atoms with Gasteiger partial charge in [-0.15, -0.1) is 16.8 Å². The van der Waals surface area contributed by atoms with Gasteiger partial charge in [-0.1, -0.05) is 76.4 Å². The van der Waals surface area contributed by atoms with Crippen LogP contribution in [0.5, 0.6) is 5.75 Å². The Hall–Kier alpha value is -2.28. The van der Waals surface area contributed by atoms with Gasteiger partial charge in [0, 0.05) is 12.6 Å². The minimum Gasteiger partial charge on any atom is -0.486 e. The SMILES string of the molecule is C=CCn1c(COc2ccc(C(C)(C)C)cc2)nnc1SCC(=O)NC1CCCCCC1. The molecule has 2 aromatic rings. The van der Waals surface area contributed by atoms with Crippen molar-refractivity contribution in [2.45, 2.75) is 89.1 Å². The molecule has 3 rings (SSSR count). The van der Waals surface area contributed by atoms with Gasteiger partial charge in [0.15, 0.2) is 11.0 Å². The Kier molecular flexibility index (Phi) is 8.79. The topological polar surface area (TPSA) is 69.0 Å². The Labute approximate surface area is 196 Å². The predicted octanol–water partition coefficient (Wildman–Crippen LogP) is 5.27. The quantitative estimate of drug-likeness (QED) is 0.316. The fourth-order valence-corrected chi connectivity index (χ4v) is 4.65.